The number of methoxy groups -OCH3 is 1. The van der Waals surface area contributed by atoms with Crippen LogP contribution in [-0.4, -0.2) is 18.6 Å². The highest BCUT2D eigenvalue weighted by Crippen LogP contribution is 2.22. The minimum absolute atomic E-state index is 0.206. The molecule has 2 aromatic rings. The molecule has 0 aliphatic rings. The molecule has 0 bridgehead atoms. The van der Waals surface area contributed by atoms with Crippen molar-refractivity contribution in [1.82, 2.24) is 10.3 Å². The van der Waals surface area contributed by atoms with Crippen LogP contribution in [0.3, 0.4) is 0 Å². The summed E-state index contributed by atoms with van der Waals surface area (Å²) < 4.78 is 18.2. The molecule has 5 heteroatoms. The average Bonchev–Trinajstić information content (AvgIpc) is 2.84. The van der Waals surface area contributed by atoms with Crippen molar-refractivity contribution in [3.63, 3.8) is 0 Å². The van der Waals surface area contributed by atoms with Gasteiger partial charge in [0, 0.05) is 25.0 Å². The molecule has 0 radical (unpaired) electrons. The molecular weight excluding hydrogens is 287 g/mol. The van der Waals surface area contributed by atoms with Crippen LogP contribution in [0, 0.1) is 5.82 Å². The van der Waals surface area contributed by atoms with Crippen molar-refractivity contribution >= 4 is 11.3 Å². The molecule has 3 nitrogen and oxygen atoms in total. The first-order valence-electron chi connectivity index (χ1n) is 7.14. The number of hydrogen-bond acceptors (Lipinski definition) is 4. The largest absolute Gasteiger partial charge is 0.378 e. The van der Waals surface area contributed by atoms with E-state index in [0.29, 0.717) is 6.61 Å². The Bertz CT molecular complexity index is 554. The topological polar surface area (TPSA) is 34.2 Å². The molecule has 1 N–H and O–H groups in total. The number of benzene rings is 1. The van der Waals surface area contributed by atoms with Gasteiger partial charge in [0.2, 0.25) is 0 Å². The molecule has 0 amide bonds. The molecular formula is C16H21FN2OS. The number of thiazole rings is 1. The zero-order valence-electron chi connectivity index (χ0n) is 12.5. The molecule has 1 aromatic heterocycles. The predicted molar refractivity (Wildman–Crippen MR) is 84.0 cm³/mol. The molecule has 0 aliphatic heterocycles. The minimum atomic E-state index is -0.206. The van der Waals surface area contributed by atoms with Gasteiger partial charge in [-0.05, 0) is 30.7 Å². The Morgan fingerprint density at radius 1 is 1.29 bits per heavy atom. The van der Waals surface area contributed by atoms with E-state index in [9.17, 15) is 4.39 Å². The summed E-state index contributed by atoms with van der Waals surface area (Å²) in [5.74, 6) is -0.206. The van der Waals surface area contributed by atoms with Crippen LogP contribution in [0.4, 0.5) is 4.39 Å². The van der Waals surface area contributed by atoms with E-state index in [2.05, 4.69) is 17.2 Å². The van der Waals surface area contributed by atoms with Gasteiger partial charge in [-0.25, -0.2) is 9.37 Å². The Morgan fingerprint density at radius 2 is 2.05 bits per heavy atom. The van der Waals surface area contributed by atoms with Crippen molar-refractivity contribution in [3.8, 4) is 0 Å². The van der Waals surface area contributed by atoms with E-state index in [0.717, 1.165) is 42.2 Å². The fourth-order valence-corrected chi connectivity index (χ4v) is 3.13. The van der Waals surface area contributed by atoms with E-state index in [1.54, 1.807) is 18.4 Å². The van der Waals surface area contributed by atoms with Crippen molar-refractivity contribution < 1.29 is 9.13 Å². The molecule has 1 aromatic carbocycles. The predicted octanol–water partition coefficient (Wildman–Crippen LogP) is 3.52. The van der Waals surface area contributed by atoms with Crippen LogP contribution in [0.1, 0.15) is 34.5 Å². The van der Waals surface area contributed by atoms with E-state index in [1.165, 1.54) is 17.0 Å². The quantitative estimate of drug-likeness (QED) is 0.758. The third-order valence-corrected chi connectivity index (χ3v) is 4.18. The Labute approximate surface area is 129 Å². The van der Waals surface area contributed by atoms with Crippen molar-refractivity contribution in [2.24, 2.45) is 0 Å². The molecule has 1 heterocycles. The summed E-state index contributed by atoms with van der Waals surface area (Å²) >= 11 is 1.70. The summed E-state index contributed by atoms with van der Waals surface area (Å²) in [4.78, 5) is 5.88. The maximum atomic E-state index is 12.9. The van der Waals surface area contributed by atoms with Crippen LogP contribution in [-0.2, 0) is 24.3 Å². The van der Waals surface area contributed by atoms with Crippen molar-refractivity contribution in [3.05, 3.63) is 51.2 Å². The van der Waals surface area contributed by atoms with E-state index in [-0.39, 0.29) is 5.82 Å². The molecule has 0 fully saturated rings. The lowest BCUT2D eigenvalue weighted by Crippen LogP contribution is -2.14. The third-order valence-electron chi connectivity index (χ3n) is 3.08. The SMILES string of the molecule is CCCNCc1sc(Cc2ccc(F)cc2)nc1COC. The first-order chi connectivity index (χ1) is 10.2. The van der Waals surface area contributed by atoms with Crippen molar-refractivity contribution in [1.29, 1.82) is 0 Å². The van der Waals surface area contributed by atoms with E-state index >= 15 is 0 Å². The van der Waals surface area contributed by atoms with Gasteiger partial charge in [-0.3, -0.25) is 0 Å². The normalized spacial score (nSPS) is 11.0. The van der Waals surface area contributed by atoms with Gasteiger partial charge in [-0.1, -0.05) is 19.1 Å². The molecule has 0 saturated heterocycles. The summed E-state index contributed by atoms with van der Waals surface area (Å²) in [5, 5.41) is 4.44. The van der Waals surface area contributed by atoms with Crippen LogP contribution in [0.5, 0.6) is 0 Å². The van der Waals surface area contributed by atoms with Crippen molar-refractivity contribution in [2.75, 3.05) is 13.7 Å². The van der Waals surface area contributed by atoms with Gasteiger partial charge in [0.1, 0.15) is 5.82 Å². The smallest absolute Gasteiger partial charge is 0.123 e. The zero-order valence-corrected chi connectivity index (χ0v) is 13.3. The second-order valence-electron chi connectivity index (χ2n) is 4.89. The van der Waals surface area contributed by atoms with Crippen LogP contribution in [0.25, 0.3) is 0 Å². The molecule has 0 atom stereocenters. The molecule has 0 unspecified atom stereocenters. The fraction of sp³-hybridized carbons (Fsp3) is 0.438. The van der Waals surface area contributed by atoms with E-state index < -0.39 is 0 Å². The number of aromatic nitrogens is 1. The Balaban J connectivity index is 2.08. The van der Waals surface area contributed by atoms with Gasteiger partial charge in [-0.2, -0.15) is 0 Å². The minimum Gasteiger partial charge on any atom is -0.378 e. The average molecular weight is 308 g/mol. The lowest BCUT2D eigenvalue weighted by atomic mass is 10.1. The summed E-state index contributed by atoms with van der Waals surface area (Å²) in [5.41, 5.74) is 2.07. The number of rotatable bonds is 8. The Hall–Kier alpha value is -1.30. The molecule has 0 aliphatic carbocycles. The van der Waals surface area contributed by atoms with E-state index in [4.69, 9.17) is 4.74 Å². The highest BCUT2D eigenvalue weighted by atomic mass is 32.1. The highest BCUT2D eigenvalue weighted by Gasteiger charge is 2.11. The maximum absolute atomic E-state index is 12.9. The molecule has 2 rings (SSSR count). The second kappa shape index (κ2) is 8.22. The second-order valence-corrected chi connectivity index (χ2v) is 6.06. The summed E-state index contributed by atoms with van der Waals surface area (Å²) in [7, 11) is 1.68. The molecule has 0 saturated carbocycles. The Kier molecular flexibility index (Phi) is 6.29. The molecule has 21 heavy (non-hydrogen) atoms. The summed E-state index contributed by atoms with van der Waals surface area (Å²) in [6.07, 6.45) is 1.84. The number of ether oxygens (including phenoxy) is 1. The van der Waals surface area contributed by atoms with Gasteiger partial charge >= 0.3 is 0 Å². The monoisotopic (exact) mass is 308 g/mol. The lowest BCUT2D eigenvalue weighted by Gasteiger charge is -2.02. The first-order valence-corrected chi connectivity index (χ1v) is 7.96. The standard InChI is InChI=1S/C16H21FN2OS/c1-3-8-18-10-15-14(11-20-2)19-16(21-15)9-12-4-6-13(17)7-5-12/h4-7,18H,3,8-11H2,1-2H3. The fourth-order valence-electron chi connectivity index (χ4n) is 2.06. The van der Waals surface area contributed by atoms with Crippen LogP contribution in [0.2, 0.25) is 0 Å². The Morgan fingerprint density at radius 3 is 2.71 bits per heavy atom. The number of nitrogens with one attached hydrogen (secondary N) is 1. The van der Waals surface area contributed by atoms with Gasteiger partial charge in [0.15, 0.2) is 0 Å². The third kappa shape index (κ3) is 4.88. The highest BCUT2D eigenvalue weighted by molar-refractivity contribution is 7.11. The van der Waals surface area contributed by atoms with Crippen LogP contribution in [0.15, 0.2) is 24.3 Å². The van der Waals surface area contributed by atoms with Crippen LogP contribution >= 0.6 is 11.3 Å². The van der Waals surface area contributed by atoms with Crippen molar-refractivity contribution in [2.45, 2.75) is 32.9 Å². The van der Waals surface area contributed by atoms with Gasteiger partial charge in [0.25, 0.3) is 0 Å². The zero-order chi connectivity index (χ0) is 15.1. The molecule has 114 valence electrons. The number of hydrogen-bond donors (Lipinski definition) is 1. The van der Waals surface area contributed by atoms with E-state index in [1.807, 2.05) is 12.1 Å². The summed E-state index contributed by atoms with van der Waals surface area (Å²) in [6.45, 7) is 4.50. The maximum Gasteiger partial charge on any atom is 0.123 e. The lowest BCUT2D eigenvalue weighted by molar-refractivity contribution is 0.181. The number of halogens is 1. The summed E-state index contributed by atoms with van der Waals surface area (Å²) in [6, 6.07) is 6.59. The van der Waals surface area contributed by atoms with Gasteiger partial charge in [-0.15, -0.1) is 11.3 Å². The van der Waals surface area contributed by atoms with Gasteiger partial charge in [0.05, 0.1) is 17.3 Å². The first kappa shape index (κ1) is 16.1. The van der Waals surface area contributed by atoms with Gasteiger partial charge < -0.3 is 10.1 Å². The molecule has 0 spiro atoms. The number of nitrogens with zero attached hydrogens (tertiary/aromatic N) is 1. The van der Waals surface area contributed by atoms with Crippen LogP contribution < -0.4 is 5.32 Å².